The number of nitrogens with two attached hydrogens (primary N) is 2. The third-order valence-electron chi connectivity index (χ3n) is 5.57. The lowest BCUT2D eigenvalue weighted by molar-refractivity contribution is -0.384. The van der Waals surface area contributed by atoms with E-state index in [0.717, 1.165) is 0 Å². The summed E-state index contributed by atoms with van der Waals surface area (Å²) in [7, 11) is 0. The van der Waals surface area contributed by atoms with Crippen molar-refractivity contribution in [2.24, 2.45) is 17.4 Å². The summed E-state index contributed by atoms with van der Waals surface area (Å²) in [4.78, 5) is 47.6. The molecule has 11 nitrogen and oxygen atoms in total. The fourth-order valence-corrected chi connectivity index (χ4v) is 3.93. The van der Waals surface area contributed by atoms with Gasteiger partial charge in [-0.15, -0.1) is 0 Å². The summed E-state index contributed by atoms with van der Waals surface area (Å²) in [6.07, 6.45) is 2.22. The predicted molar refractivity (Wildman–Crippen MR) is 111 cm³/mol. The van der Waals surface area contributed by atoms with Crippen molar-refractivity contribution in [1.82, 2.24) is 15.3 Å². The Morgan fingerprint density at radius 1 is 1.32 bits per heavy atom. The second-order valence-electron chi connectivity index (χ2n) is 8.22. The number of hydrazine groups is 1. The number of nitrogens with zero attached hydrogens (tertiary/aromatic N) is 3. The predicted octanol–water partition coefficient (Wildman–Crippen LogP) is -0.192. The quantitative estimate of drug-likeness (QED) is 0.398. The smallest absolute Gasteiger partial charge is 0.269 e. The molecule has 2 atom stereocenters. The molecule has 166 valence electrons. The molecule has 1 saturated heterocycles. The first-order valence-corrected chi connectivity index (χ1v) is 9.95. The highest BCUT2D eigenvalue weighted by molar-refractivity contribution is 6.01. The van der Waals surface area contributed by atoms with Gasteiger partial charge in [0.1, 0.15) is 11.2 Å². The third kappa shape index (κ3) is 4.42. The Labute approximate surface area is 179 Å². The van der Waals surface area contributed by atoms with Gasteiger partial charge in [-0.2, -0.15) is 0 Å². The Balaban J connectivity index is 1.85. The number of fused-ring (bicyclic) bond motifs is 1. The topological polar surface area (TPSA) is 165 Å². The lowest BCUT2D eigenvalue weighted by Gasteiger charge is -2.45. The van der Waals surface area contributed by atoms with Gasteiger partial charge in [-0.05, 0) is 30.4 Å². The number of non-ortho nitro benzene ring substituents is 1. The molecule has 0 bridgehead atoms. The van der Waals surface area contributed by atoms with Crippen molar-refractivity contribution in [2.75, 3.05) is 13.1 Å². The molecule has 11 heteroatoms. The molecule has 1 fully saturated rings. The molecular weight excluding hydrogens is 404 g/mol. The maximum absolute atomic E-state index is 13.5. The number of hydrogen-bond donors (Lipinski definition) is 3. The van der Waals surface area contributed by atoms with Crippen LogP contribution in [0.2, 0.25) is 0 Å². The van der Waals surface area contributed by atoms with Gasteiger partial charge in [-0.25, -0.2) is 10.0 Å². The maximum Gasteiger partial charge on any atom is 0.269 e. The van der Waals surface area contributed by atoms with Gasteiger partial charge in [-0.1, -0.05) is 26.0 Å². The largest absolute Gasteiger partial charge is 0.368 e. The molecule has 2 heterocycles. The summed E-state index contributed by atoms with van der Waals surface area (Å²) in [5.74, 6) is -1.60. The molecule has 1 aromatic rings. The van der Waals surface area contributed by atoms with Crippen LogP contribution in [0.15, 0.2) is 36.0 Å². The highest BCUT2D eigenvalue weighted by atomic mass is 16.6. The van der Waals surface area contributed by atoms with E-state index in [1.807, 2.05) is 18.9 Å². The molecule has 3 rings (SSSR count). The Morgan fingerprint density at radius 2 is 1.97 bits per heavy atom. The normalized spacial score (nSPS) is 23.5. The van der Waals surface area contributed by atoms with Crippen LogP contribution in [0.3, 0.4) is 0 Å². The maximum atomic E-state index is 13.5. The minimum absolute atomic E-state index is 0.0494. The second-order valence-corrected chi connectivity index (χ2v) is 8.22. The van der Waals surface area contributed by atoms with Crippen LogP contribution in [0, 0.1) is 16.0 Å². The Bertz CT molecular complexity index is 944. The number of nitro groups is 1. The van der Waals surface area contributed by atoms with E-state index in [-0.39, 0.29) is 36.3 Å². The summed E-state index contributed by atoms with van der Waals surface area (Å²) in [5, 5.41) is 16.4. The molecule has 2 aliphatic heterocycles. The van der Waals surface area contributed by atoms with E-state index in [1.165, 1.54) is 17.1 Å². The molecule has 1 aromatic carbocycles. The summed E-state index contributed by atoms with van der Waals surface area (Å²) in [5.41, 5.74) is 11.1. The molecule has 2 aliphatic rings. The van der Waals surface area contributed by atoms with Crippen molar-refractivity contribution >= 4 is 23.4 Å². The number of primary amides is 1. The second kappa shape index (κ2) is 8.44. The van der Waals surface area contributed by atoms with Gasteiger partial charge >= 0.3 is 0 Å². The SMILES string of the molecule is CC(C)C1C=C(C(=O)NCC(N)=O)N2C(=O)C(N)(Cc3ccc([N+](=O)[O-])cc3)CCN12. The van der Waals surface area contributed by atoms with Gasteiger partial charge in [0, 0.05) is 18.7 Å². The van der Waals surface area contributed by atoms with E-state index in [0.29, 0.717) is 18.5 Å². The number of nitrogens with one attached hydrogen (secondary N) is 1. The lowest BCUT2D eigenvalue weighted by atomic mass is 9.85. The number of rotatable bonds is 7. The van der Waals surface area contributed by atoms with Crippen molar-refractivity contribution in [1.29, 1.82) is 0 Å². The standard InChI is InChI=1S/C20H26N6O5/c1-12(2)15-9-16(18(28)23-11-17(21)27)25-19(29)20(22,7-8-24(15)25)10-13-3-5-14(6-4-13)26(30)31/h3-6,9,12,15H,7-8,10-11,22H2,1-2H3,(H2,21,27)(H,23,28). The first kappa shape index (κ1) is 22.4. The van der Waals surface area contributed by atoms with Crippen molar-refractivity contribution < 1.29 is 19.3 Å². The van der Waals surface area contributed by atoms with E-state index < -0.39 is 28.2 Å². The molecule has 0 spiro atoms. The molecule has 0 saturated carbocycles. The number of hydrogen-bond acceptors (Lipinski definition) is 7. The average molecular weight is 430 g/mol. The third-order valence-corrected chi connectivity index (χ3v) is 5.57. The van der Waals surface area contributed by atoms with Crippen LogP contribution in [0.4, 0.5) is 5.69 Å². The van der Waals surface area contributed by atoms with Crippen LogP contribution in [-0.2, 0) is 20.8 Å². The van der Waals surface area contributed by atoms with E-state index in [1.54, 1.807) is 18.2 Å². The molecule has 5 N–H and O–H groups in total. The van der Waals surface area contributed by atoms with Gasteiger partial charge < -0.3 is 16.8 Å². The summed E-state index contributed by atoms with van der Waals surface area (Å²) >= 11 is 0. The van der Waals surface area contributed by atoms with Crippen molar-refractivity contribution in [3.63, 3.8) is 0 Å². The van der Waals surface area contributed by atoms with E-state index in [4.69, 9.17) is 11.5 Å². The van der Waals surface area contributed by atoms with Gasteiger partial charge in [0.2, 0.25) is 5.91 Å². The fourth-order valence-electron chi connectivity index (χ4n) is 3.93. The van der Waals surface area contributed by atoms with Crippen LogP contribution < -0.4 is 16.8 Å². The molecule has 3 amide bonds. The van der Waals surface area contributed by atoms with Crippen molar-refractivity contribution in [3.05, 3.63) is 51.7 Å². The van der Waals surface area contributed by atoms with Gasteiger partial charge in [0.05, 0.1) is 17.5 Å². The molecule has 31 heavy (non-hydrogen) atoms. The molecule has 0 aliphatic carbocycles. The minimum atomic E-state index is -1.29. The van der Waals surface area contributed by atoms with Gasteiger partial charge in [-0.3, -0.25) is 24.5 Å². The first-order valence-electron chi connectivity index (χ1n) is 9.95. The van der Waals surface area contributed by atoms with E-state index >= 15 is 0 Å². The van der Waals surface area contributed by atoms with Gasteiger partial charge in [0.25, 0.3) is 17.5 Å². The molecule has 0 radical (unpaired) electrons. The van der Waals surface area contributed by atoms with Crippen LogP contribution >= 0.6 is 0 Å². The Kier molecular flexibility index (Phi) is 6.09. The van der Waals surface area contributed by atoms with Crippen molar-refractivity contribution in [2.45, 2.75) is 38.3 Å². The lowest BCUT2D eigenvalue weighted by Crippen LogP contribution is -2.66. The number of amides is 3. The minimum Gasteiger partial charge on any atom is -0.368 e. The van der Waals surface area contributed by atoms with Crippen molar-refractivity contribution in [3.8, 4) is 0 Å². The summed E-state index contributed by atoms with van der Waals surface area (Å²) in [6, 6.07) is 5.70. The van der Waals surface area contributed by atoms with Crippen LogP contribution in [0.1, 0.15) is 25.8 Å². The number of benzene rings is 1. The monoisotopic (exact) mass is 430 g/mol. The Morgan fingerprint density at radius 3 is 2.52 bits per heavy atom. The van der Waals surface area contributed by atoms with Crippen LogP contribution in [0.5, 0.6) is 0 Å². The van der Waals surface area contributed by atoms with Crippen LogP contribution in [-0.4, -0.2) is 57.3 Å². The molecule has 0 aromatic heterocycles. The fraction of sp³-hybridized carbons (Fsp3) is 0.450. The highest BCUT2D eigenvalue weighted by Crippen LogP contribution is 2.35. The van der Waals surface area contributed by atoms with E-state index in [2.05, 4.69) is 5.32 Å². The zero-order valence-corrected chi connectivity index (χ0v) is 17.4. The number of nitro benzene ring substituents is 1. The Hall–Kier alpha value is -3.31. The zero-order chi connectivity index (χ0) is 22.9. The summed E-state index contributed by atoms with van der Waals surface area (Å²) < 4.78 is 0. The first-order chi connectivity index (χ1) is 14.5. The number of carbonyl (C=O) groups is 3. The highest BCUT2D eigenvalue weighted by Gasteiger charge is 2.51. The summed E-state index contributed by atoms with van der Waals surface area (Å²) in [6.45, 7) is 4.06. The average Bonchev–Trinajstić information content (AvgIpc) is 3.10. The van der Waals surface area contributed by atoms with E-state index in [9.17, 15) is 24.5 Å². The zero-order valence-electron chi connectivity index (χ0n) is 17.4. The van der Waals surface area contributed by atoms with Crippen LogP contribution in [0.25, 0.3) is 0 Å². The number of carbonyl (C=O) groups excluding carboxylic acids is 3. The van der Waals surface area contributed by atoms with Gasteiger partial charge in [0.15, 0.2) is 0 Å². The molecular formula is C20H26N6O5. The molecule has 2 unspecified atom stereocenters.